The van der Waals surface area contributed by atoms with E-state index in [1.807, 2.05) is 6.92 Å². The molecule has 2 fully saturated rings. The van der Waals surface area contributed by atoms with Crippen LogP contribution in [-0.2, 0) is 4.79 Å². The van der Waals surface area contributed by atoms with Crippen molar-refractivity contribution in [3.63, 3.8) is 0 Å². The second-order valence-corrected chi connectivity index (χ2v) is 5.90. The van der Waals surface area contributed by atoms with Crippen molar-refractivity contribution < 1.29 is 9.59 Å². The largest absolute Gasteiger partial charge is 0.341 e. The lowest BCUT2D eigenvalue weighted by Crippen LogP contribution is -2.66. The Morgan fingerprint density at radius 2 is 1.95 bits per heavy atom. The monoisotopic (exact) mass is 282 g/mol. The van der Waals surface area contributed by atoms with Gasteiger partial charge < -0.3 is 10.6 Å². The van der Waals surface area contributed by atoms with Crippen LogP contribution < -0.4 is 16.0 Å². The molecule has 0 aromatic rings. The molecule has 1 aliphatic heterocycles. The maximum atomic E-state index is 12.2. The Morgan fingerprint density at radius 1 is 1.25 bits per heavy atom. The fourth-order valence-corrected chi connectivity index (χ4v) is 3.56. The van der Waals surface area contributed by atoms with Crippen LogP contribution in [0.15, 0.2) is 0 Å². The predicted molar refractivity (Wildman–Crippen MR) is 77.5 cm³/mol. The van der Waals surface area contributed by atoms with Gasteiger partial charge in [-0.25, -0.2) is 4.79 Å². The summed E-state index contributed by atoms with van der Waals surface area (Å²) in [7, 11) is 1.51. The van der Waals surface area contributed by atoms with E-state index >= 15 is 0 Å². The van der Waals surface area contributed by atoms with Crippen LogP contribution in [0.4, 0.5) is 4.79 Å². The normalized spacial score (nSPS) is 24.1. The Bertz CT molecular complexity index is 358. The van der Waals surface area contributed by atoms with Crippen molar-refractivity contribution in [2.24, 2.45) is 0 Å². The first kappa shape index (κ1) is 15.3. The first-order chi connectivity index (χ1) is 9.59. The van der Waals surface area contributed by atoms with Crippen LogP contribution in [0.25, 0.3) is 0 Å². The van der Waals surface area contributed by atoms with Gasteiger partial charge in [0.1, 0.15) is 0 Å². The lowest BCUT2D eigenvalue weighted by molar-refractivity contribution is -0.129. The number of carbonyl (C=O) groups excluding carboxylic acids is 2. The molecule has 1 saturated carbocycles. The van der Waals surface area contributed by atoms with Crippen molar-refractivity contribution in [2.75, 3.05) is 26.7 Å². The van der Waals surface area contributed by atoms with Crippen molar-refractivity contribution in [1.82, 2.24) is 20.9 Å². The first-order valence-electron chi connectivity index (χ1n) is 7.59. The van der Waals surface area contributed by atoms with Crippen molar-refractivity contribution >= 4 is 11.9 Å². The standard InChI is InChI=1S/C14H26N4O2/c1-11(12(19)17-13(20)15-2)18-9-8-16-10-14(18)6-4-3-5-7-14/h11,16H,3-10H2,1-2H3,(H2,15,17,19,20). The van der Waals surface area contributed by atoms with Crippen molar-refractivity contribution in [1.29, 1.82) is 0 Å². The molecule has 0 bridgehead atoms. The smallest absolute Gasteiger partial charge is 0.321 e. The summed E-state index contributed by atoms with van der Waals surface area (Å²) >= 11 is 0. The molecule has 114 valence electrons. The van der Waals surface area contributed by atoms with Gasteiger partial charge in [0.05, 0.1) is 6.04 Å². The summed E-state index contributed by atoms with van der Waals surface area (Å²) in [5, 5.41) is 8.29. The molecule has 1 heterocycles. The molecule has 6 nitrogen and oxygen atoms in total. The average molecular weight is 282 g/mol. The van der Waals surface area contributed by atoms with Gasteiger partial charge in [-0.15, -0.1) is 0 Å². The third-order valence-corrected chi connectivity index (χ3v) is 4.69. The predicted octanol–water partition coefficient (Wildman–Crippen LogP) is 0.439. The maximum absolute atomic E-state index is 12.2. The lowest BCUT2D eigenvalue weighted by atomic mass is 9.78. The summed E-state index contributed by atoms with van der Waals surface area (Å²) in [6.45, 7) is 4.62. The summed E-state index contributed by atoms with van der Waals surface area (Å²) in [5.74, 6) is -0.212. The second kappa shape index (κ2) is 6.54. The van der Waals surface area contributed by atoms with Crippen molar-refractivity contribution in [2.45, 2.75) is 50.6 Å². The minimum atomic E-state index is -0.435. The third kappa shape index (κ3) is 3.12. The molecule has 3 amide bonds. The Balaban J connectivity index is 2.07. The van der Waals surface area contributed by atoms with Gasteiger partial charge in [-0.1, -0.05) is 19.3 Å². The molecule has 1 aliphatic carbocycles. The Morgan fingerprint density at radius 3 is 2.60 bits per heavy atom. The van der Waals surface area contributed by atoms with Crippen LogP contribution in [-0.4, -0.2) is 55.1 Å². The molecule has 1 atom stereocenters. The molecule has 3 N–H and O–H groups in total. The van der Waals surface area contributed by atoms with E-state index in [0.29, 0.717) is 0 Å². The third-order valence-electron chi connectivity index (χ3n) is 4.69. The summed E-state index contributed by atoms with van der Waals surface area (Å²) in [4.78, 5) is 25.8. The number of nitrogens with one attached hydrogen (secondary N) is 3. The number of nitrogens with zero attached hydrogens (tertiary/aromatic N) is 1. The molecular formula is C14H26N4O2. The summed E-state index contributed by atoms with van der Waals surface area (Å²) in [6.07, 6.45) is 6.01. The maximum Gasteiger partial charge on any atom is 0.321 e. The van der Waals surface area contributed by atoms with E-state index < -0.39 is 6.03 Å². The van der Waals surface area contributed by atoms with E-state index in [1.54, 1.807) is 0 Å². The number of carbonyl (C=O) groups is 2. The van der Waals surface area contributed by atoms with Gasteiger partial charge in [-0.2, -0.15) is 0 Å². The summed E-state index contributed by atoms with van der Waals surface area (Å²) in [5.41, 5.74) is 0.0932. The van der Waals surface area contributed by atoms with E-state index in [0.717, 1.165) is 32.5 Å². The summed E-state index contributed by atoms with van der Waals surface area (Å²) < 4.78 is 0. The molecule has 1 saturated heterocycles. The molecule has 1 spiro atoms. The average Bonchev–Trinajstić information content (AvgIpc) is 2.47. The molecule has 0 radical (unpaired) electrons. The van der Waals surface area contributed by atoms with Crippen molar-refractivity contribution in [3.8, 4) is 0 Å². The number of hydrogen-bond acceptors (Lipinski definition) is 4. The lowest BCUT2D eigenvalue weighted by Gasteiger charge is -2.51. The number of hydrogen-bond donors (Lipinski definition) is 3. The molecule has 6 heteroatoms. The van der Waals surface area contributed by atoms with Gasteiger partial charge in [0, 0.05) is 32.2 Å². The fourth-order valence-electron chi connectivity index (χ4n) is 3.56. The van der Waals surface area contributed by atoms with Gasteiger partial charge in [0.25, 0.3) is 0 Å². The first-order valence-corrected chi connectivity index (χ1v) is 7.59. The highest BCUT2D eigenvalue weighted by atomic mass is 16.2. The Hall–Kier alpha value is -1.14. The highest BCUT2D eigenvalue weighted by molar-refractivity contribution is 5.96. The number of urea groups is 1. The van der Waals surface area contributed by atoms with Crippen molar-refractivity contribution in [3.05, 3.63) is 0 Å². The number of piperazine rings is 1. The zero-order valence-corrected chi connectivity index (χ0v) is 12.5. The molecular weight excluding hydrogens is 256 g/mol. The molecule has 1 unspecified atom stereocenters. The van der Waals surface area contributed by atoms with Crippen LogP contribution in [0.5, 0.6) is 0 Å². The highest BCUT2D eigenvalue weighted by Gasteiger charge is 2.43. The van der Waals surface area contributed by atoms with E-state index in [4.69, 9.17) is 0 Å². The van der Waals surface area contributed by atoms with Crippen LogP contribution >= 0.6 is 0 Å². The van der Waals surface area contributed by atoms with Crippen LogP contribution in [0.1, 0.15) is 39.0 Å². The van der Waals surface area contributed by atoms with Gasteiger partial charge in [-0.05, 0) is 19.8 Å². The van der Waals surface area contributed by atoms with Crippen LogP contribution in [0.2, 0.25) is 0 Å². The molecule has 20 heavy (non-hydrogen) atoms. The summed E-state index contributed by atoms with van der Waals surface area (Å²) in [6, 6.07) is -0.706. The molecule has 2 aliphatic rings. The van der Waals surface area contributed by atoms with Crippen LogP contribution in [0, 0.1) is 0 Å². The van der Waals surface area contributed by atoms with Gasteiger partial charge in [0.15, 0.2) is 0 Å². The van der Waals surface area contributed by atoms with Crippen LogP contribution in [0.3, 0.4) is 0 Å². The zero-order chi connectivity index (χ0) is 14.6. The molecule has 0 aromatic heterocycles. The Kier molecular flexibility index (Phi) is 4.99. The minimum Gasteiger partial charge on any atom is -0.341 e. The highest BCUT2D eigenvalue weighted by Crippen LogP contribution is 2.35. The zero-order valence-electron chi connectivity index (χ0n) is 12.5. The number of imide groups is 1. The SMILES string of the molecule is CNC(=O)NC(=O)C(C)N1CCNCC12CCCCC2. The van der Waals surface area contributed by atoms with E-state index in [2.05, 4.69) is 20.9 Å². The second-order valence-electron chi connectivity index (χ2n) is 5.90. The van der Waals surface area contributed by atoms with Gasteiger partial charge in [-0.3, -0.25) is 15.0 Å². The molecule has 0 aromatic carbocycles. The molecule has 2 rings (SSSR count). The van der Waals surface area contributed by atoms with E-state index in [-0.39, 0.29) is 17.5 Å². The number of rotatable bonds is 2. The van der Waals surface area contributed by atoms with E-state index in [1.165, 1.54) is 26.3 Å². The number of amides is 3. The minimum absolute atomic E-state index is 0.0932. The van der Waals surface area contributed by atoms with Gasteiger partial charge >= 0.3 is 6.03 Å². The fraction of sp³-hybridized carbons (Fsp3) is 0.857. The quantitative estimate of drug-likeness (QED) is 0.687. The topological polar surface area (TPSA) is 73.5 Å². The van der Waals surface area contributed by atoms with E-state index in [9.17, 15) is 9.59 Å². The Labute approximate surface area is 120 Å². The van der Waals surface area contributed by atoms with Gasteiger partial charge in [0.2, 0.25) is 5.91 Å².